The molecule has 2 heterocycles. The monoisotopic (exact) mass is 361 g/mol. The van der Waals surface area contributed by atoms with E-state index in [-0.39, 0.29) is 31.5 Å². The van der Waals surface area contributed by atoms with Crippen LogP contribution in [0.15, 0.2) is 10.9 Å². The van der Waals surface area contributed by atoms with Gasteiger partial charge in [-0.25, -0.2) is 13.8 Å². The molecule has 1 saturated heterocycles. The summed E-state index contributed by atoms with van der Waals surface area (Å²) >= 11 is 0. The van der Waals surface area contributed by atoms with Gasteiger partial charge in [0.1, 0.15) is 0 Å². The molecule has 1 aliphatic heterocycles. The van der Waals surface area contributed by atoms with E-state index in [0.717, 1.165) is 0 Å². The maximum atomic E-state index is 13.5. The van der Waals surface area contributed by atoms with E-state index in [2.05, 4.69) is 11.1 Å². The molecule has 1 aromatic heterocycles. The van der Waals surface area contributed by atoms with Gasteiger partial charge >= 0.3 is 0 Å². The minimum Gasteiger partial charge on any atom is -0.342 e. The zero-order valence-electron chi connectivity index (χ0n) is 15.0. The number of anilines is 1. The van der Waals surface area contributed by atoms with Gasteiger partial charge < -0.3 is 10.6 Å². The third kappa shape index (κ3) is 2.92. The maximum Gasteiger partial charge on any atom is 0.262 e. The minimum absolute atomic E-state index is 0.127. The van der Waals surface area contributed by atoms with E-state index < -0.39 is 12.0 Å². The van der Waals surface area contributed by atoms with Gasteiger partial charge in [0.05, 0.1) is 22.5 Å². The second-order valence-corrected chi connectivity index (χ2v) is 6.88. The number of benzene rings is 1. The molecule has 0 unspecified atom stereocenters. The van der Waals surface area contributed by atoms with Crippen molar-refractivity contribution in [1.29, 1.82) is 5.26 Å². The summed E-state index contributed by atoms with van der Waals surface area (Å²) in [7, 11) is 1.57. The van der Waals surface area contributed by atoms with Gasteiger partial charge in [0.25, 0.3) is 11.5 Å². The van der Waals surface area contributed by atoms with E-state index in [1.807, 2.05) is 0 Å². The van der Waals surface area contributed by atoms with Gasteiger partial charge in [-0.1, -0.05) is 0 Å². The molecule has 1 aliphatic rings. The van der Waals surface area contributed by atoms with Gasteiger partial charge in [0.2, 0.25) is 5.95 Å². The average molecular weight is 361 g/mol. The molecule has 0 aliphatic carbocycles. The molecule has 26 heavy (non-hydrogen) atoms. The van der Waals surface area contributed by atoms with Crippen molar-refractivity contribution in [3.8, 4) is 6.07 Å². The Morgan fingerprint density at radius 2 is 2.00 bits per heavy atom. The predicted molar refractivity (Wildman–Crippen MR) is 95.4 cm³/mol. The molecule has 1 atom stereocenters. The highest BCUT2D eigenvalue weighted by molar-refractivity contribution is 5.87. The Labute approximate surface area is 149 Å². The molecule has 2 aromatic rings. The van der Waals surface area contributed by atoms with Crippen molar-refractivity contribution in [1.82, 2.24) is 9.55 Å². The summed E-state index contributed by atoms with van der Waals surface area (Å²) in [5.41, 5.74) is 7.70. The van der Waals surface area contributed by atoms with Crippen LogP contribution >= 0.6 is 0 Å². The standard InChI is InChI=1S/C18H21F2N5O/c1-10-12(9-21)8-13(11(2)22)15-14(10)16(26)24(3)17(23-15)25-6-4-18(19,20)5-7-25/h8,11H,4-7,22H2,1-3H3/t11-/m1/s1. The summed E-state index contributed by atoms with van der Waals surface area (Å²) in [6.45, 7) is 3.71. The Bertz CT molecular complexity index is 964. The van der Waals surface area contributed by atoms with Crippen LogP contribution in [0.2, 0.25) is 0 Å². The Morgan fingerprint density at radius 1 is 1.38 bits per heavy atom. The quantitative estimate of drug-likeness (QED) is 0.887. The number of nitrogens with zero attached hydrogens (tertiary/aromatic N) is 4. The van der Waals surface area contributed by atoms with Crippen molar-refractivity contribution in [3.05, 3.63) is 33.1 Å². The first-order valence-electron chi connectivity index (χ1n) is 8.49. The second kappa shape index (κ2) is 6.32. The largest absolute Gasteiger partial charge is 0.342 e. The van der Waals surface area contributed by atoms with E-state index in [1.165, 1.54) is 4.57 Å². The average Bonchev–Trinajstić information content (AvgIpc) is 2.58. The summed E-state index contributed by atoms with van der Waals surface area (Å²) in [6, 6.07) is 3.32. The van der Waals surface area contributed by atoms with Crippen molar-refractivity contribution >= 4 is 16.9 Å². The van der Waals surface area contributed by atoms with Gasteiger partial charge in [-0.3, -0.25) is 9.36 Å². The van der Waals surface area contributed by atoms with Crippen LogP contribution < -0.4 is 16.2 Å². The zero-order valence-corrected chi connectivity index (χ0v) is 15.0. The molecule has 0 saturated carbocycles. The zero-order chi connectivity index (χ0) is 19.2. The Balaban J connectivity index is 2.26. The first-order valence-corrected chi connectivity index (χ1v) is 8.49. The molecule has 0 radical (unpaired) electrons. The Kier molecular flexibility index (Phi) is 4.44. The molecular weight excluding hydrogens is 340 g/mol. The van der Waals surface area contributed by atoms with Crippen LogP contribution in [0.25, 0.3) is 10.9 Å². The number of rotatable bonds is 2. The van der Waals surface area contributed by atoms with Crippen molar-refractivity contribution in [2.75, 3.05) is 18.0 Å². The molecule has 6 nitrogen and oxygen atoms in total. The van der Waals surface area contributed by atoms with Crippen LogP contribution in [0.1, 0.15) is 42.5 Å². The highest BCUT2D eigenvalue weighted by Gasteiger charge is 2.35. The fraction of sp³-hybridized carbons (Fsp3) is 0.500. The summed E-state index contributed by atoms with van der Waals surface area (Å²) in [5.74, 6) is -2.33. The van der Waals surface area contributed by atoms with E-state index in [9.17, 15) is 18.8 Å². The van der Waals surface area contributed by atoms with Crippen molar-refractivity contribution < 1.29 is 8.78 Å². The van der Waals surface area contributed by atoms with Crippen molar-refractivity contribution in [3.63, 3.8) is 0 Å². The van der Waals surface area contributed by atoms with Crippen LogP contribution in [-0.4, -0.2) is 28.6 Å². The van der Waals surface area contributed by atoms with Gasteiger partial charge in [-0.05, 0) is 31.0 Å². The fourth-order valence-corrected chi connectivity index (χ4v) is 3.38. The molecule has 138 valence electrons. The number of alkyl halides is 2. The smallest absolute Gasteiger partial charge is 0.262 e. The van der Waals surface area contributed by atoms with Crippen LogP contribution in [0, 0.1) is 18.3 Å². The summed E-state index contributed by atoms with van der Waals surface area (Å²) in [6.07, 6.45) is -0.541. The number of hydrogen-bond donors (Lipinski definition) is 1. The number of nitrogens with two attached hydrogens (primary N) is 1. The highest BCUT2D eigenvalue weighted by Crippen LogP contribution is 2.31. The van der Waals surface area contributed by atoms with Gasteiger partial charge in [0.15, 0.2) is 0 Å². The number of hydrogen-bond acceptors (Lipinski definition) is 5. The van der Waals surface area contributed by atoms with Crippen molar-refractivity contribution in [2.45, 2.75) is 38.7 Å². The molecule has 1 aromatic carbocycles. The normalized spacial score (nSPS) is 18.0. The molecule has 0 bridgehead atoms. The molecule has 1 fully saturated rings. The van der Waals surface area contributed by atoms with E-state index in [4.69, 9.17) is 5.73 Å². The van der Waals surface area contributed by atoms with Crippen molar-refractivity contribution in [2.24, 2.45) is 12.8 Å². The lowest BCUT2D eigenvalue weighted by molar-refractivity contribution is -0.0223. The third-order valence-electron chi connectivity index (χ3n) is 5.01. The maximum absolute atomic E-state index is 13.5. The first-order chi connectivity index (χ1) is 12.2. The first kappa shape index (κ1) is 18.3. The number of nitriles is 1. The summed E-state index contributed by atoms with van der Waals surface area (Å²) < 4.78 is 28.3. The second-order valence-electron chi connectivity index (χ2n) is 6.88. The Hall–Kier alpha value is -2.53. The highest BCUT2D eigenvalue weighted by atomic mass is 19.3. The fourth-order valence-electron chi connectivity index (χ4n) is 3.38. The number of aromatic nitrogens is 2. The molecule has 2 N–H and O–H groups in total. The lowest BCUT2D eigenvalue weighted by atomic mass is 9.97. The SMILES string of the molecule is Cc1c(C#N)cc([C@@H](C)N)c2nc(N3CCC(F)(F)CC3)n(C)c(=O)c12. The predicted octanol–water partition coefficient (Wildman–Crippen LogP) is 2.37. The number of fused-ring (bicyclic) bond motifs is 1. The van der Waals surface area contributed by atoms with E-state index >= 15 is 0 Å². The van der Waals surface area contributed by atoms with Crippen LogP contribution in [0.3, 0.4) is 0 Å². The van der Waals surface area contributed by atoms with E-state index in [1.54, 1.807) is 31.9 Å². The van der Waals surface area contributed by atoms with Gasteiger partial charge in [0, 0.05) is 39.0 Å². The molecular formula is C18H21F2N5O. The molecule has 3 rings (SSSR count). The minimum atomic E-state index is -2.68. The number of halogens is 2. The Morgan fingerprint density at radius 3 is 2.54 bits per heavy atom. The summed E-state index contributed by atoms with van der Waals surface area (Å²) in [5, 5.41) is 9.70. The summed E-state index contributed by atoms with van der Waals surface area (Å²) in [4.78, 5) is 19.3. The molecule has 0 amide bonds. The topological polar surface area (TPSA) is 87.9 Å². The lowest BCUT2D eigenvalue weighted by Crippen LogP contribution is -2.42. The van der Waals surface area contributed by atoms with Gasteiger partial charge in [-0.2, -0.15) is 5.26 Å². The van der Waals surface area contributed by atoms with Crippen LogP contribution in [-0.2, 0) is 7.05 Å². The van der Waals surface area contributed by atoms with Crippen LogP contribution in [0.5, 0.6) is 0 Å². The lowest BCUT2D eigenvalue weighted by Gasteiger charge is -2.33. The van der Waals surface area contributed by atoms with Crippen LogP contribution in [0.4, 0.5) is 14.7 Å². The van der Waals surface area contributed by atoms with E-state index in [0.29, 0.717) is 33.5 Å². The molecule has 0 spiro atoms. The third-order valence-corrected chi connectivity index (χ3v) is 5.01. The number of piperidine rings is 1. The number of aryl methyl sites for hydroxylation is 1. The molecule has 8 heteroatoms. The van der Waals surface area contributed by atoms with Gasteiger partial charge in [-0.15, -0.1) is 0 Å².